The monoisotopic (exact) mass is 255 g/mol. The third-order valence-electron chi connectivity index (χ3n) is 2.45. The summed E-state index contributed by atoms with van der Waals surface area (Å²) in [6.07, 6.45) is 0.891. The molecule has 1 aromatic heterocycles. The van der Waals surface area contributed by atoms with Crippen LogP contribution in [-0.2, 0) is 22.6 Å². The van der Waals surface area contributed by atoms with Crippen LogP contribution in [0.5, 0.6) is 0 Å². The van der Waals surface area contributed by atoms with Crippen molar-refractivity contribution in [3.05, 3.63) is 11.3 Å². The van der Waals surface area contributed by atoms with Crippen LogP contribution in [0, 0.1) is 0 Å². The van der Waals surface area contributed by atoms with E-state index in [4.69, 9.17) is 15.2 Å². The molecule has 0 saturated heterocycles. The molecule has 6 heteroatoms. The molecule has 0 aromatic carbocycles. The van der Waals surface area contributed by atoms with Gasteiger partial charge in [-0.25, -0.2) is 9.48 Å². The van der Waals surface area contributed by atoms with Gasteiger partial charge in [-0.2, -0.15) is 5.10 Å². The fraction of sp³-hybridized carbons (Fsp3) is 0.667. The molecule has 0 aliphatic rings. The van der Waals surface area contributed by atoms with Gasteiger partial charge in [-0.1, -0.05) is 6.92 Å². The first kappa shape index (κ1) is 14.5. The molecule has 0 fully saturated rings. The number of nitrogens with zero attached hydrogens (tertiary/aromatic N) is 2. The van der Waals surface area contributed by atoms with Crippen LogP contribution in [0.1, 0.15) is 43.2 Å². The van der Waals surface area contributed by atoms with Crippen molar-refractivity contribution in [3.8, 4) is 0 Å². The van der Waals surface area contributed by atoms with Crippen LogP contribution in [0.15, 0.2) is 0 Å². The summed E-state index contributed by atoms with van der Waals surface area (Å²) in [4.78, 5) is 11.8. The number of nitrogens with two attached hydrogens (primary N) is 1. The van der Waals surface area contributed by atoms with Crippen LogP contribution in [-0.4, -0.2) is 29.0 Å². The molecule has 1 heterocycles. The lowest BCUT2D eigenvalue weighted by molar-refractivity contribution is 0.0511. The van der Waals surface area contributed by atoms with E-state index in [1.54, 1.807) is 11.6 Å². The quantitative estimate of drug-likeness (QED) is 0.748. The minimum absolute atomic E-state index is 0.260. The molecule has 1 aromatic rings. The van der Waals surface area contributed by atoms with Crippen LogP contribution in [0.2, 0.25) is 0 Å². The van der Waals surface area contributed by atoms with E-state index in [0.29, 0.717) is 31.1 Å². The summed E-state index contributed by atoms with van der Waals surface area (Å²) in [5.74, 6) is 0.0297. The van der Waals surface area contributed by atoms with E-state index < -0.39 is 5.97 Å². The zero-order valence-corrected chi connectivity index (χ0v) is 11.2. The second-order valence-electron chi connectivity index (χ2n) is 3.79. The fourth-order valence-corrected chi connectivity index (χ4v) is 1.60. The highest BCUT2D eigenvalue weighted by Gasteiger charge is 2.22. The van der Waals surface area contributed by atoms with Crippen molar-refractivity contribution in [3.63, 3.8) is 0 Å². The molecular weight excluding hydrogens is 234 g/mol. The van der Waals surface area contributed by atoms with Gasteiger partial charge in [0.05, 0.1) is 18.8 Å². The molecule has 0 aliphatic carbocycles. The molecule has 0 spiro atoms. The Bertz CT molecular complexity index is 402. The summed E-state index contributed by atoms with van der Waals surface area (Å²) in [6.45, 7) is 7.48. The van der Waals surface area contributed by atoms with E-state index in [2.05, 4.69) is 5.10 Å². The van der Waals surface area contributed by atoms with E-state index in [-0.39, 0.29) is 12.3 Å². The molecule has 2 N–H and O–H groups in total. The van der Waals surface area contributed by atoms with Gasteiger partial charge in [-0.15, -0.1) is 0 Å². The molecule has 0 atom stereocenters. The minimum atomic E-state index is -0.450. The highest BCUT2D eigenvalue weighted by atomic mass is 16.5. The standard InChI is InChI=1S/C12H21N3O3/c1-4-7-15-11(13)9(8-17-5-2)10(14-15)12(16)18-6-3/h4-8,13H2,1-3H3. The fourth-order valence-electron chi connectivity index (χ4n) is 1.60. The van der Waals surface area contributed by atoms with Crippen molar-refractivity contribution in [2.75, 3.05) is 18.9 Å². The molecule has 0 aliphatic heterocycles. The smallest absolute Gasteiger partial charge is 0.359 e. The Morgan fingerprint density at radius 1 is 1.33 bits per heavy atom. The van der Waals surface area contributed by atoms with Gasteiger partial charge in [-0.05, 0) is 20.3 Å². The number of rotatable bonds is 7. The van der Waals surface area contributed by atoms with Gasteiger partial charge >= 0.3 is 5.97 Å². The molecule has 6 nitrogen and oxygen atoms in total. The molecule has 0 bridgehead atoms. The molecule has 0 amide bonds. The maximum Gasteiger partial charge on any atom is 0.359 e. The molecule has 102 valence electrons. The lowest BCUT2D eigenvalue weighted by atomic mass is 10.2. The van der Waals surface area contributed by atoms with E-state index >= 15 is 0 Å². The lowest BCUT2D eigenvalue weighted by Crippen LogP contribution is -2.09. The lowest BCUT2D eigenvalue weighted by Gasteiger charge is -2.04. The molecule has 0 unspecified atom stereocenters. The summed E-state index contributed by atoms with van der Waals surface area (Å²) in [6, 6.07) is 0. The van der Waals surface area contributed by atoms with Crippen LogP contribution in [0.25, 0.3) is 0 Å². The number of carbonyl (C=O) groups excluding carboxylic acids is 1. The van der Waals surface area contributed by atoms with Crippen LogP contribution in [0.3, 0.4) is 0 Å². The first-order valence-corrected chi connectivity index (χ1v) is 6.25. The average Bonchev–Trinajstić information content (AvgIpc) is 2.65. The first-order valence-electron chi connectivity index (χ1n) is 6.25. The number of ether oxygens (including phenoxy) is 2. The van der Waals surface area contributed by atoms with Crippen molar-refractivity contribution in [2.24, 2.45) is 0 Å². The second kappa shape index (κ2) is 7.00. The van der Waals surface area contributed by atoms with Crippen LogP contribution < -0.4 is 5.73 Å². The highest BCUT2D eigenvalue weighted by Crippen LogP contribution is 2.19. The normalized spacial score (nSPS) is 10.6. The van der Waals surface area contributed by atoms with Gasteiger partial charge in [-0.3, -0.25) is 0 Å². The Hall–Kier alpha value is -1.56. The Morgan fingerprint density at radius 2 is 2.06 bits per heavy atom. The summed E-state index contributed by atoms with van der Waals surface area (Å²) in [7, 11) is 0. The number of esters is 1. The van der Waals surface area contributed by atoms with Crippen molar-refractivity contribution in [1.29, 1.82) is 0 Å². The third kappa shape index (κ3) is 3.22. The van der Waals surface area contributed by atoms with Crippen molar-refractivity contribution in [2.45, 2.75) is 40.3 Å². The Labute approximate surface area is 107 Å². The van der Waals surface area contributed by atoms with E-state index in [9.17, 15) is 4.79 Å². The summed E-state index contributed by atoms with van der Waals surface area (Å²) < 4.78 is 11.9. The SMILES string of the molecule is CCCn1nc(C(=O)OCC)c(COCC)c1N. The van der Waals surface area contributed by atoms with Crippen molar-refractivity contribution < 1.29 is 14.3 Å². The Balaban J connectivity index is 3.04. The third-order valence-corrected chi connectivity index (χ3v) is 2.45. The van der Waals surface area contributed by atoms with Crippen LogP contribution in [0.4, 0.5) is 5.82 Å². The average molecular weight is 255 g/mol. The molecule has 0 saturated carbocycles. The van der Waals surface area contributed by atoms with Gasteiger partial charge in [0.15, 0.2) is 5.69 Å². The van der Waals surface area contributed by atoms with Gasteiger partial charge < -0.3 is 15.2 Å². The Morgan fingerprint density at radius 3 is 2.61 bits per heavy atom. The van der Waals surface area contributed by atoms with Crippen molar-refractivity contribution >= 4 is 11.8 Å². The highest BCUT2D eigenvalue weighted by molar-refractivity contribution is 5.90. The van der Waals surface area contributed by atoms with E-state index in [1.165, 1.54) is 0 Å². The molecule has 1 rings (SSSR count). The number of nitrogen functional groups attached to an aromatic ring is 1. The first-order chi connectivity index (χ1) is 8.65. The molecular formula is C12H21N3O3. The maximum absolute atomic E-state index is 11.8. The predicted octanol–water partition coefficient (Wildman–Crippen LogP) is 1.59. The molecule has 0 radical (unpaired) electrons. The molecule has 18 heavy (non-hydrogen) atoms. The van der Waals surface area contributed by atoms with E-state index in [1.807, 2.05) is 13.8 Å². The number of hydrogen-bond acceptors (Lipinski definition) is 5. The minimum Gasteiger partial charge on any atom is -0.461 e. The zero-order chi connectivity index (χ0) is 13.5. The maximum atomic E-state index is 11.8. The van der Waals surface area contributed by atoms with Gasteiger partial charge in [0, 0.05) is 13.2 Å². The summed E-state index contributed by atoms with van der Waals surface area (Å²) >= 11 is 0. The van der Waals surface area contributed by atoms with Gasteiger partial charge in [0.25, 0.3) is 0 Å². The Kier molecular flexibility index (Phi) is 5.64. The number of aromatic nitrogens is 2. The van der Waals surface area contributed by atoms with Gasteiger partial charge in [0.1, 0.15) is 5.82 Å². The number of hydrogen-bond donors (Lipinski definition) is 1. The van der Waals surface area contributed by atoms with E-state index in [0.717, 1.165) is 6.42 Å². The number of anilines is 1. The summed E-state index contributed by atoms with van der Waals surface area (Å²) in [5, 5.41) is 4.21. The second-order valence-corrected chi connectivity index (χ2v) is 3.79. The number of carbonyl (C=O) groups is 1. The van der Waals surface area contributed by atoms with Gasteiger partial charge in [0.2, 0.25) is 0 Å². The topological polar surface area (TPSA) is 79.4 Å². The van der Waals surface area contributed by atoms with Crippen molar-refractivity contribution in [1.82, 2.24) is 9.78 Å². The predicted molar refractivity (Wildman–Crippen MR) is 68.2 cm³/mol. The largest absolute Gasteiger partial charge is 0.461 e. The van der Waals surface area contributed by atoms with Crippen LogP contribution >= 0.6 is 0 Å². The summed E-state index contributed by atoms with van der Waals surface area (Å²) in [5.41, 5.74) is 6.85. The number of aryl methyl sites for hydroxylation is 1. The zero-order valence-electron chi connectivity index (χ0n) is 11.2.